The van der Waals surface area contributed by atoms with Crippen LogP contribution in [0, 0.1) is 0 Å². The zero-order chi connectivity index (χ0) is 7.94. The Morgan fingerprint density at radius 2 is 2.27 bits per heavy atom. The molecular formula is C8H18N2S. The van der Waals surface area contributed by atoms with E-state index in [-0.39, 0.29) is 0 Å². The van der Waals surface area contributed by atoms with Gasteiger partial charge in [-0.3, -0.25) is 0 Å². The molecule has 3 heteroatoms. The number of rotatable bonds is 3. The van der Waals surface area contributed by atoms with Crippen molar-refractivity contribution in [2.75, 3.05) is 25.4 Å². The van der Waals surface area contributed by atoms with Gasteiger partial charge in [-0.25, -0.2) is 0 Å². The molecule has 0 aromatic carbocycles. The number of nitrogens with one attached hydrogen (secondary N) is 2. The largest absolute Gasteiger partial charge is 0.317 e. The van der Waals surface area contributed by atoms with Crippen molar-refractivity contribution < 1.29 is 0 Å². The van der Waals surface area contributed by atoms with Crippen molar-refractivity contribution in [2.45, 2.75) is 25.3 Å². The van der Waals surface area contributed by atoms with E-state index in [1.54, 1.807) is 0 Å². The van der Waals surface area contributed by atoms with Gasteiger partial charge in [0.15, 0.2) is 0 Å². The SMILES string of the molecule is SCCNC1CCCNCC1. The standard InChI is InChI=1S/C8H18N2S/c11-7-6-10-8-2-1-4-9-5-3-8/h8-11H,1-7H2. The third-order valence-electron chi connectivity index (χ3n) is 2.12. The molecule has 1 aliphatic heterocycles. The highest BCUT2D eigenvalue weighted by Crippen LogP contribution is 2.03. The van der Waals surface area contributed by atoms with Crippen molar-refractivity contribution in [3.05, 3.63) is 0 Å². The first kappa shape index (κ1) is 9.36. The predicted molar refractivity (Wildman–Crippen MR) is 52.4 cm³/mol. The lowest BCUT2D eigenvalue weighted by atomic mass is 10.1. The van der Waals surface area contributed by atoms with Gasteiger partial charge in [0, 0.05) is 18.3 Å². The maximum atomic E-state index is 4.17. The van der Waals surface area contributed by atoms with Gasteiger partial charge in [0.25, 0.3) is 0 Å². The first-order chi connectivity index (χ1) is 5.43. The fraction of sp³-hybridized carbons (Fsp3) is 1.00. The highest BCUT2D eigenvalue weighted by Gasteiger charge is 2.09. The molecule has 0 radical (unpaired) electrons. The van der Waals surface area contributed by atoms with E-state index < -0.39 is 0 Å². The molecule has 1 saturated heterocycles. The predicted octanol–water partition coefficient (Wildman–Crippen LogP) is 0.648. The summed E-state index contributed by atoms with van der Waals surface area (Å²) in [5, 5.41) is 6.89. The Morgan fingerprint density at radius 1 is 1.36 bits per heavy atom. The lowest BCUT2D eigenvalue weighted by Crippen LogP contribution is -2.31. The van der Waals surface area contributed by atoms with Gasteiger partial charge >= 0.3 is 0 Å². The maximum Gasteiger partial charge on any atom is 0.00799 e. The Kier molecular flexibility index (Phi) is 4.99. The van der Waals surface area contributed by atoms with Gasteiger partial charge in [0.2, 0.25) is 0 Å². The fourth-order valence-corrected chi connectivity index (χ4v) is 1.62. The monoisotopic (exact) mass is 174 g/mol. The van der Waals surface area contributed by atoms with E-state index in [4.69, 9.17) is 0 Å². The zero-order valence-corrected chi connectivity index (χ0v) is 7.87. The van der Waals surface area contributed by atoms with E-state index in [0.717, 1.165) is 18.3 Å². The molecule has 1 heterocycles. The second-order valence-corrected chi connectivity index (χ2v) is 3.50. The Labute approximate surface area is 74.5 Å². The molecule has 0 amide bonds. The smallest absolute Gasteiger partial charge is 0.00799 e. The molecule has 0 aromatic rings. The minimum absolute atomic E-state index is 0.733. The summed E-state index contributed by atoms with van der Waals surface area (Å²) in [6, 6.07) is 0.733. The molecule has 2 nitrogen and oxygen atoms in total. The highest BCUT2D eigenvalue weighted by atomic mass is 32.1. The lowest BCUT2D eigenvalue weighted by Gasteiger charge is -2.14. The first-order valence-corrected chi connectivity index (χ1v) is 5.11. The Balaban J connectivity index is 2.09. The molecule has 0 aromatic heterocycles. The fourth-order valence-electron chi connectivity index (χ4n) is 1.49. The van der Waals surface area contributed by atoms with E-state index in [1.807, 2.05) is 0 Å². The van der Waals surface area contributed by atoms with Crippen LogP contribution in [-0.2, 0) is 0 Å². The van der Waals surface area contributed by atoms with Crippen LogP contribution in [0.4, 0.5) is 0 Å². The first-order valence-electron chi connectivity index (χ1n) is 4.48. The van der Waals surface area contributed by atoms with Crippen LogP contribution in [0.1, 0.15) is 19.3 Å². The van der Waals surface area contributed by atoms with Crippen molar-refractivity contribution in [3.8, 4) is 0 Å². The van der Waals surface area contributed by atoms with Gasteiger partial charge < -0.3 is 10.6 Å². The Hall–Kier alpha value is 0.270. The molecule has 0 bridgehead atoms. The van der Waals surface area contributed by atoms with Crippen LogP contribution in [0.5, 0.6) is 0 Å². The Morgan fingerprint density at radius 3 is 3.09 bits per heavy atom. The average Bonchev–Trinajstić information content (AvgIpc) is 2.28. The maximum absolute atomic E-state index is 4.17. The number of thiol groups is 1. The summed E-state index contributed by atoms with van der Waals surface area (Å²) in [5.41, 5.74) is 0. The van der Waals surface area contributed by atoms with Crippen molar-refractivity contribution in [2.24, 2.45) is 0 Å². The highest BCUT2D eigenvalue weighted by molar-refractivity contribution is 7.80. The zero-order valence-electron chi connectivity index (χ0n) is 6.97. The summed E-state index contributed by atoms with van der Waals surface area (Å²) in [4.78, 5) is 0. The minimum atomic E-state index is 0.733. The molecule has 1 atom stereocenters. The molecular weight excluding hydrogens is 156 g/mol. The molecule has 0 spiro atoms. The number of hydrogen-bond acceptors (Lipinski definition) is 3. The summed E-state index contributed by atoms with van der Waals surface area (Å²) < 4.78 is 0. The summed E-state index contributed by atoms with van der Waals surface area (Å²) in [7, 11) is 0. The third kappa shape index (κ3) is 3.99. The van der Waals surface area contributed by atoms with Crippen LogP contribution < -0.4 is 10.6 Å². The summed E-state index contributed by atoms with van der Waals surface area (Å²) in [5.74, 6) is 0.948. The average molecular weight is 174 g/mol. The van der Waals surface area contributed by atoms with E-state index in [9.17, 15) is 0 Å². The molecule has 0 saturated carbocycles. The van der Waals surface area contributed by atoms with Gasteiger partial charge in [0.05, 0.1) is 0 Å². The Bertz CT molecular complexity index is 90.1. The summed E-state index contributed by atoms with van der Waals surface area (Å²) >= 11 is 4.17. The van der Waals surface area contributed by atoms with E-state index in [2.05, 4.69) is 23.3 Å². The van der Waals surface area contributed by atoms with Gasteiger partial charge in [-0.05, 0) is 32.4 Å². The van der Waals surface area contributed by atoms with Crippen LogP contribution in [-0.4, -0.2) is 31.4 Å². The van der Waals surface area contributed by atoms with Crippen LogP contribution in [0.2, 0.25) is 0 Å². The summed E-state index contributed by atoms with van der Waals surface area (Å²) in [6.45, 7) is 3.41. The van der Waals surface area contributed by atoms with Crippen LogP contribution in [0.25, 0.3) is 0 Å². The molecule has 11 heavy (non-hydrogen) atoms. The quantitative estimate of drug-likeness (QED) is 0.547. The lowest BCUT2D eigenvalue weighted by molar-refractivity contribution is 0.484. The molecule has 0 aliphatic carbocycles. The van der Waals surface area contributed by atoms with Crippen molar-refractivity contribution in [1.29, 1.82) is 0 Å². The van der Waals surface area contributed by atoms with E-state index >= 15 is 0 Å². The topological polar surface area (TPSA) is 24.1 Å². The normalized spacial score (nSPS) is 26.5. The third-order valence-corrected chi connectivity index (χ3v) is 2.34. The van der Waals surface area contributed by atoms with Gasteiger partial charge in [-0.15, -0.1) is 0 Å². The van der Waals surface area contributed by atoms with Gasteiger partial charge in [-0.1, -0.05) is 0 Å². The van der Waals surface area contributed by atoms with Crippen molar-refractivity contribution in [3.63, 3.8) is 0 Å². The van der Waals surface area contributed by atoms with Crippen molar-refractivity contribution >= 4 is 12.6 Å². The summed E-state index contributed by atoms with van der Waals surface area (Å²) in [6.07, 6.45) is 3.90. The molecule has 1 unspecified atom stereocenters. The van der Waals surface area contributed by atoms with Crippen LogP contribution in [0.15, 0.2) is 0 Å². The molecule has 1 fully saturated rings. The van der Waals surface area contributed by atoms with Gasteiger partial charge in [-0.2, -0.15) is 12.6 Å². The molecule has 2 N–H and O–H groups in total. The second kappa shape index (κ2) is 5.86. The second-order valence-electron chi connectivity index (χ2n) is 3.06. The molecule has 1 rings (SSSR count). The van der Waals surface area contributed by atoms with E-state index in [1.165, 1.54) is 32.4 Å². The van der Waals surface area contributed by atoms with E-state index in [0.29, 0.717) is 0 Å². The van der Waals surface area contributed by atoms with Gasteiger partial charge in [0.1, 0.15) is 0 Å². The van der Waals surface area contributed by atoms with Crippen LogP contribution in [0.3, 0.4) is 0 Å². The number of hydrogen-bond donors (Lipinski definition) is 3. The minimum Gasteiger partial charge on any atom is -0.317 e. The molecule has 1 aliphatic rings. The van der Waals surface area contributed by atoms with Crippen molar-refractivity contribution in [1.82, 2.24) is 10.6 Å². The van der Waals surface area contributed by atoms with Crippen LogP contribution >= 0.6 is 12.6 Å². The molecule has 66 valence electrons.